The quantitative estimate of drug-likeness (QED) is 0.0158. The van der Waals surface area contributed by atoms with Crippen LogP contribution in [0.4, 0.5) is 17.6 Å². The molecule has 0 bridgehead atoms. The first-order valence-electron chi connectivity index (χ1n) is 28.9. The van der Waals surface area contributed by atoms with E-state index in [-0.39, 0.29) is 55.1 Å². The number of nitrogens with one attached hydrogen (secondary N) is 3. The van der Waals surface area contributed by atoms with Gasteiger partial charge in [0, 0.05) is 88.3 Å². The highest BCUT2D eigenvalue weighted by Gasteiger charge is 2.27. The topological polar surface area (TPSA) is 256 Å². The number of carbonyl (C=O) groups excluding carboxylic acids is 4. The summed E-state index contributed by atoms with van der Waals surface area (Å²) in [5.74, 6) is -1.12. The van der Waals surface area contributed by atoms with E-state index >= 15 is 0 Å². The molecular formula is C60H81BrF4N12O10Si2. The van der Waals surface area contributed by atoms with Crippen molar-refractivity contribution < 1.29 is 65.2 Å². The number of aryl methyl sites for hydroxylation is 1. The van der Waals surface area contributed by atoms with E-state index < -0.39 is 40.4 Å². The Morgan fingerprint density at radius 2 is 1.11 bits per heavy atom. The number of fused-ring (bicyclic) bond motifs is 4. The first-order valence-corrected chi connectivity index (χ1v) is 37.4. The standard InChI is InChI=1S/C30H40F2N6O5Si.C25H32F2N6O3Si.C5H9BrO2/c1-30(2,3)35-28(40)21-17-37(18-42-13-14-44(5,6)7)27-26(21)34-22(16-33-27)25-20-15-19(43-29(31)32)10-11-23(20)38(36-25)12-8-9-24(39)41-4;1-25(2,3)30-23(34)17-13-33(14-35-9-10-37(4,5)6)22-21(17)29-19(12-28-22)20-16-11-15(36-24(26)27)7-8-18(16)31-32-20;1-8-5(7)3-2-4-6/h10-11,15-17,29H,8-9,12-14,18H2,1-7H3,(H,35,40);7-8,11-13,24H,9-10,14H2,1-6H3,(H,30,34)(H,31,32);2-4H2,1H3. The number of nitrogens with zero attached hydrogens (tertiary/aromatic N) is 9. The number of hydrogen-bond donors (Lipinski definition) is 3. The molecule has 0 saturated heterocycles. The maximum Gasteiger partial charge on any atom is 0.387 e. The summed E-state index contributed by atoms with van der Waals surface area (Å²) in [5.41, 5.74) is 4.19. The van der Waals surface area contributed by atoms with Gasteiger partial charge in [-0.15, -0.1) is 0 Å². The number of methoxy groups -OCH3 is 2. The summed E-state index contributed by atoms with van der Waals surface area (Å²) in [4.78, 5) is 67.4. The lowest BCUT2D eigenvalue weighted by Crippen LogP contribution is -2.40. The van der Waals surface area contributed by atoms with E-state index in [0.29, 0.717) is 111 Å². The lowest BCUT2D eigenvalue weighted by atomic mass is 10.1. The average Bonchev–Trinajstić information content (AvgIpc) is 1.99. The Labute approximate surface area is 524 Å². The number of aromatic nitrogens is 10. The van der Waals surface area contributed by atoms with Crippen LogP contribution in [-0.4, -0.2) is 146 Å². The van der Waals surface area contributed by atoms with E-state index in [2.05, 4.69) is 100 Å². The van der Waals surface area contributed by atoms with Crippen LogP contribution < -0.4 is 20.1 Å². The molecule has 6 heterocycles. The van der Waals surface area contributed by atoms with Crippen molar-refractivity contribution in [3.63, 3.8) is 0 Å². The number of rotatable bonds is 25. The van der Waals surface area contributed by atoms with Crippen LogP contribution in [0.15, 0.2) is 61.2 Å². The van der Waals surface area contributed by atoms with Crippen molar-refractivity contribution in [1.82, 2.24) is 59.7 Å². The van der Waals surface area contributed by atoms with E-state index in [0.717, 1.165) is 23.8 Å². The molecule has 2 amide bonds. The number of ether oxygens (including phenoxy) is 6. The Morgan fingerprint density at radius 1 is 0.652 bits per heavy atom. The molecule has 6 aromatic heterocycles. The number of alkyl halides is 5. The first-order chi connectivity index (χ1) is 41.8. The van der Waals surface area contributed by atoms with Gasteiger partial charge in [0.15, 0.2) is 11.3 Å². The Morgan fingerprint density at radius 3 is 1.56 bits per heavy atom. The zero-order valence-electron chi connectivity index (χ0n) is 52.9. The summed E-state index contributed by atoms with van der Waals surface area (Å²) >= 11 is 3.20. The Balaban J connectivity index is 0.000000255. The maximum atomic E-state index is 13.4. The smallest absolute Gasteiger partial charge is 0.387 e. The van der Waals surface area contributed by atoms with E-state index in [1.54, 1.807) is 44.5 Å². The summed E-state index contributed by atoms with van der Waals surface area (Å²) in [6.45, 7) is 21.1. The molecule has 0 aliphatic heterocycles. The van der Waals surface area contributed by atoms with E-state index in [1.807, 2.05) is 41.5 Å². The normalized spacial score (nSPS) is 12.1. The lowest BCUT2D eigenvalue weighted by Gasteiger charge is -2.20. The third kappa shape index (κ3) is 21.1. The number of amides is 2. The third-order valence-corrected chi connectivity index (χ3v) is 16.9. The molecule has 8 rings (SSSR count). The molecule has 0 fully saturated rings. The molecule has 8 aromatic rings. The average molecular weight is 1340 g/mol. The molecular weight excluding hydrogens is 1260 g/mol. The van der Waals surface area contributed by atoms with Crippen LogP contribution in [-0.2, 0) is 48.5 Å². The fourth-order valence-corrected chi connectivity index (χ4v) is 10.4. The molecule has 22 nitrogen and oxygen atoms in total. The predicted molar refractivity (Wildman–Crippen MR) is 341 cm³/mol. The zero-order valence-corrected chi connectivity index (χ0v) is 56.5. The van der Waals surface area contributed by atoms with Crippen LogP contribution in [0.2, 0.25) is 51.4 Å². The molecule has 0 atom stereocenters. The fourth-order valence-electron chi connectivity index (χ4n) is 8.61. The molecule has 29 heteroatoms. The van der Waals surface area contributed by atoms with Crippen LogP contribution in [0.5, 0.6) is 11.5 Å². The highest BCUT2D eigenvalue weighted by Crippen LogP contribution is 2.34. The van der Waals surface area contributed by atoms with Gasteiger partial charge in [0.2, 0.25) is 0 Å². The molecule has 484 valence electrons. The van der Waals surface area contributed by atoms with Crippen molar-refractivity contribution in [2.75, 3.05) is 32.8 Å². The van der Waals surface area contributed by atoms with Gasteiger partial charge in [-0.25, -0.2) is 19.9 Å². The van der Waals surface area contributed by atoms with Crippen LogP contribution in [0.25, 0.3) is 66.9 Å². The third-order valence-electron chi connectivity index (χ3n) is 13.0. The van der Waals surface area contributed by atoms with E-state index in [9.17, 15) is 36.7 Å². The summed E-state index contributed by atoms with van der Waals surface area (Å²) in [7, 11) is 0.183. The highest BCUT2D eigenvalue weighted by molar-refractivity contribution is 9.09. The molecule has 89 heavy (non-hydrogen) atoms. The second kappa shape index (κ2) is 30.9. The lowest BCUT2D eigenvalue weighted by molar-refractivity contribution is -0.141. The minimum atomic E-state index is -3.00. The highest BCUT2D eigenvalue weighted by atomic mass is 79.9. The molecule has 0 spiro atoms. The number of aromatic amines is 1. The second-order valence-corrected chi connectivity index (χ2v) is 37.4. The first kappa shape index (κ1) is 70.7. The fraction of sp³-hybridized carbons (Fsp3) is 0.500. The number of halogens is 5. The Kier molecular flexibility index (Phi) is 24.6. The second-order valence-electron chi connectivity index (χ2n) is 25.3. The van der Waals surface area contributed by atoms with E-state index in [4.69, 9.17) is 29.3 Å². The summed E-state index contributed by atoms with van der Waals surface area (Å²) in [6.07, 6.45) is 8.46. The van der Waals surface area contributed by atoms with Crippen molar-refractivity contribution in [2.45, 2.75) is 163 Å². The minimum Gasteiger partial charge on any atom is -0.469 e. The van der Waals surface area contributed by atoms with Gasteiger partial charge in [-0.1, -0.05) is 55.2 Å². The van der Waals surface area contributed by atoms with Crippen molar-refractivity contribution >= 4 is 100.0 Å². The van der Waals surface area contributed by atoms with E-state index in [1.165, 1.54) is 44.7 Å². The largest absolute Gasteiger partial charge is 0.469 e. The molecule has 0 aliphatic carbocycles. The van der Waals surface area contributed by atoms with Crippen molar-refractivity contribution in [3.8, 4) is 34.3 Å². The SMILES string of the molecule is CC(C)(C)NC(=O)c1cn(COCC[Si](C)(C)C)c2ncc(-c3n[nH]c4ccc(OC(F)F)cc34)nc12.COC(=O)CCCBr.COC(=O)CCCn1nc(-c2cnc3c(n2)c(C(=O)NC(C)(C)C)cn3COCC[Si](C)(C)C)c2cc(OC(F)F)ccc21. The van der Waals surface area contributed by atoms with Gasteiger partial charge in [0.05, 0.1) is 48.8 Å². The van der Waals surface area contributed by atoms with Gasteiger partial charge in [-0.2, -0.15) is 27.8 Å². The molecule has 0 aliphatic rings. The number of benzene rings is 2. The summed E-state index contributed by atoms with van der Waals surface area (Å²) in [5, 5.41) is 19.8. The number of hydrogen-bond acceptors (Lipinski definition) is 16. The van der Waals surface area contributed by atoms with Crippen molar-refractivity contribution in [3.05, 3.63) is 72.3 Å². The number of esters is 2. The van der Waals surface area contributed by atoms with Crippen LogP contribution >= 0.6 is 15.9 Å². The zero-order chi connectivity index (χ0) is 65.6. The van der Waals surface area contributed by atoms with Crippen molar-refractivity contribution in [1.29, 1.82) is 0 Å². The molecule has 0 unspecified atom stereocenters. The van der Waals surface area contributed by atoms with Gasteiger partial charge in [0.1, 0.15) is 58.8 Å². The van der Waals surface area contributed by atoms with Crippen LogP contribution in [0, 0.1) is 0 Å². The Hall–Kier alpha value is -7.35. The predicted octanol–water partition coefficient (Wildman–Crippen LogP) is 12.6. The molecule has 0 radical (unpaired) electrons. The summed E-state index contributed by atoms with van der Waals surface area (Å²) < 4.78 is 87.0. The monoisotopic (exact) mass is 1340 g/mol. The summed E-state index contributed by atoms with van der Waals surface area (Å²) in [6, 6.07) is 11.0. The number of carbonyl (C=O) groups is 4. The van der Waals surface area contributed by atoms with Crippen LogP contribution in [0.1, 0.15) is 87.9 Å². The number of H-pyrrole nitrogens is 1. The van der Waals surface area contributed by atoms with Gasteiger partial charge >= 0.3 is 25.2 Å². The molecule has 3 N–H and O–H groups in total. The Bertz CT molecular complexity index is 3720. The van der Waals surface area contributed by atoms with Crippen molar-refractivity contribution in [2.24, 2.45) is 0 Å². The maximum absolute atomic E-state index is 13.4. The van der Waals surface area contributed by atoms with Gasteiger partial charge in [-0.3, -0.25) is 29.0 Å². The minimum absolute atomic E-state index is 0.00560. The van der Waals surface area contributed by atoms with Gasteiger partial charge < -0.3 is 48.2 Å². The van der Waals surface area contributed by atoms with Gasteiger partial charge in [-0.05, 0) is 103 Å². The molecule has 0 saturated carbocycles. The van der Waals surface area contributed by atoms with Crippen LogP contribution in [0.3, 0.4) is 0 Å². The molecule has 2 aromatic carbocycles. The van der Waals surface area contributed by atoms with Gasteiger partial charge in [0.25, 0.3) is 11.8 Å².